The third-order valence-corrected chi connectivity index (χ3v) is 3.79. The van der Waals surface area contributed by atoms with Crippen LogP contribution in [0.3, 0.4) is 0 Å². The van der Waals surface area contributed by atoms with Gasteiger partial charge in [0.15, 0.2) is 17.2 Å². The van der Waals surface area contributed by atoms with Gasteiger partial charge in [-0.25, -0.2) is 9.79 Å². The largest absolute Gasteiger partial charge is 0.454 e. The third-order valence-electron chi connectivity index (χ3n) is 3.09. The van der Waals surface area contributed by atoms with E-state index in [4.69, 9.17) is 14.2 Å². The van der Waals surface area contributed by atoms with Gasteiger partial charge in [0.1, 0.15) is 0 Å². The SMILES string of the molecule is O=C1OC(c2ccc3c(c2)OCO3)=N/C1=C/c1ccsc1. The average Bonchev–Trinajstić information content (AvgIpc) is 3.20. The minimum Gasteiger partial charge on any atom is -0.454 e. The standard InChI is InChI=1S/C15H9NO4S/c17-15-11(5-9-3-4-21-7-9)16-14(20-15)10-1-2-12-13(6-10)19-8-18-12/h1-7H,8H2/b11-5+. The van der Waals surface area contributed by atoms with Crippen molar-refractivity contribution in [1.29, 1.82) is 0 Å². The molecule has 6 heteroatoms. The van der Waals surface area contributed by atoms with Crippen LogP contribution in [0.15, 0.2) is 45.7 Å². The molecule has 0 atom stereocenters. The van der Waals surface area contributed by atoms with Gasteiger partial charge in [0.05, 0.1) is 0 Å². The topological polar surface area (TPSA) is 57.1 Å². The summed E-state index contributed by atoms with van der Waals surface area (Å²) in [6, 6.07) is 7.22. The highest BCUT2D eigenvalue weighted by Crippen LogP contribution is 2.33. The van der Waals surface area contributed by atoms with Crippen molar-refractivity contribution in [2.75, 3.05) is 6.79 Å². The van der Waals surface area contributed by atoms with Crippen LogP contribution in [0.25, 0.3) is 6.08 Å². The van der Waals surface area contributed by atoms with E-state index in [1.807, 2.05) is 16.8 Å². The Bertz CT molecular complexity index is 777. The highest BCUT2D eigenvalue weighted by atomic mass is 32.1. The lowest BCUT2D eigenvalue weighted by Crippen LogP contribution is -2.05. The van der Waals surface area contributed by atoms with Crippen LogP contribution in [0.4, 0.5) is 0 Å². The molecule has 0 N–H and O–H groups in total. The fourth-order valence-corrected chi connectivity index (χ4v) is 2.70. The van der Waals surface area contributed by atoms with Gasteiger partial charge >= 0.3 is 5.97 Å². The summed E-state index contributed by atoms with van der Waals surface area (Å²) in [5, 5.41) is 3.88. The minimum atomic E-state index is -0.450. The van der Waals surface area contributed by atoms with Gasteiger partial charge in [-0.2, -0.15) is 11.3 Å². The number of esters is 1. The summed E-state index contributed by atoms with van der Waals surface area (Å²) in [6.45, 7) is 0.203. The van der Waals surface area contributed by atoms with Crippen molar-refractivity contribution in [3.05, 3.63) is 51.8 Å². The summed E-state index contributed by atoms with van der Waals surface area (Å²) in [5.41, 5.74) is 1.91. The van der Waals surface area contributed by atoms with Crippen molar-refractivity contribution >= 4 is 29.3 Å². The van der Waals surface area contributed by atoms with Crippen molar-refractivity contribution in [2.45, 2.75) is 0 Å². The molecule has 0 fully saturated rings. The highest BCUT2D eigenvalue weighted by Gasteiger charge is 2.25. The first-order chi connectivity index (χ1) is 10.3. The summed E-state index contributed by atoms with van der Waals surface area (Å²) >= 11 is 1.56. The number of hydrogen-bond donors (Lipinski definition) is 0. The number of thiophene rings is 1. The van der Waals surface area contributed by atoms with Crippen molar-refractivity contribution in [1.82, 2.24) is 0 Å². The van der Waals surface area contributed by atoms with E-state index in [2.05, 4.69) is 4.99 Å². The molecular weight excluding hydrogens is 290 g/mol. The molecule has 0 aliphatic carbocycles. The van der Waals surface area contributed by atoms with Gasteiger partial charge in [-0.1, -0.05) is 0 Å². The fourth-order valence-electron chi connectivity index (χ4n) is 2.08. The number of nitrogens with zero attached hydrogens (tertiary/aromatic N) is 1. The zero-order chi connectivity index (χ0) is 14.2. The summed E-state index contributed by atoms with van der Waals surface area (Å²) in [5.74, 6) is 1.13. The van der Waals surface area contributed by atoms with Gasteiger partial charge in [0, 0.05) is 5.56 Å². The Morgan fingerprint density at radius 1 is 1.19 bits per heavy atom. The zero-order valence-corrected chi connectivity index (χ0v) is 11.6. The zero-order valence-electron chi connectivity index (χ0n) is 10.7. The molecule has 4 rings (SSSR count). The molecule has 21 heavy (non-hydrogen) atoms. The van der Waals surface area contributed by atoms with E-state index < -0.39 is 5.97 Å². The van der Waals surface area contributed by atoms with E-state index in [1.165, 1.54) is 0 Å². The molecule has 0 spiro atoms. The predicted octanol–water partition coefficient (Wildman–Crippen LogP) is 2.82. The second-order valence-electron chi connectivity index (χ2n) is 4.46. The van der Waals surface area contributed by atoms with Crippen molar-refractivity contribution in [3.8, 4) is 11.5 Å². The predicted molar refractivity (Wildman–Crippen MR) is 77.5 cm³/mol. The lowest BCUT2D eigenvalue weighted by atomic mass is 10.2. The number of rotatable bonds is 2. The van der Waals surface area contributed by atoms with E-state index in [-0.39, 0.29) is 12.7 Å². The van der Waals surface area contributed by atoms with Gasteiger partial charge in [-0.3, -0.25) is 0 Å². The lowest BCUT2D eigenvalue weighted by Gasteiger charge is -2.01. The molecule has 1 aromatic carbocycles. The summed E-state index contributed by atoms with van der Waals surface area (Å²) in [7, 11) is 0. The maximum atomic E-state index is 11.9. The molecule has 2 aliphatic rings. The number of hydrogen-bond acceptors (Lipinski definition) is 6. The summed E-state index contributed by atoms with van der Waals surface area (Å²) < 4.78 is 15.8. The van der Waals surface area contributed by atoms with Gasteiger partial charge in [0.2, 0.25) is 12.7 Å². The molecule has 0 bridgehead atoms. The maximum absolute atomic E-state index is 11.9. The van der Waals surface area contributed by atoms with Crippen LogP contribution in [0, 0.1) is 0 Å². The van der Waals surface area contributed by atoms with E-state index in [0.717, 1.165) is 5.56 Å². The van der Waals surface area contributed by atoms with Crippen molar-refractivity contribution in [2.24, 2.45) is 4.99 Å². The number of aliphatic imine (C=N–C) groups is 1. The molecule has 2 aromatic rings. The Morgan fingerprint density at radius 2 is 2.10 bits per heavy atom. The molecule has 0 radical (unpaired) electrons. The molecule has 5 nitrogen and oxygen atoms in total. The van der Waals surface area contributed by atoms with Crippen molar-refractivity contribution < 1.29 is 19.0 Å². The first kappa shape index (κ1) is 12.2. The Morgan fingerprint density at radius 3 is 2.95 bits per heavy atom. The third kappa shape index (κ3) is 2.19. The number of carbonyl (C=O) groups is 1. The Kier molecular flexibility index (Phi) is 2.75. The van der Waals surface area contributed by atoms with Crippen LogP contribution >= 0.6 is 11.3 Å². The quantitative estimate of drug-likeness (QED) is 0.632. The molecule has 0 amide bonds. The van der Waals surface area contributed by atoms with E-state index >= 15 is 0 Å². The second-order valence-corrected chi connectivity index (χ2v) is 5.24. The van der Waals surface area contributed by atoms with Gasteiger partial charge in [0.25, 0.3) is 0 Å². The second kappa shape index (κ2) is 4.75. The van der Waals surface area contributed by atoms with Crippen LogP contribution in [-0.2, 0) is 9.53 Å². The van der Waals surface area contributed by atoms with Crippen LogP contribution in [-0.4, -0.2) is 18.7 Å². The minimum absolute atomic E-state index is 0.203. The fraction of sp³-hybridized carbons (Fsp3) is 0.0667. The van der Waals surface area contributed by atoms with Gasteiger partial charge < -0.3 is 14.2 Å². The Balaban J connectivity index is 1.68. The van der Waals surface area contributed by atoms with Gasteiger partial charge in [-0.15, -0.1) is 0 Å². The first-order valence-electron chi connectivity index (χ1n) is 6.24. The number of ether oxygens (including phenoxy) is 3. The molecule has 3 heterocycles. The van der Waals surface area contributed by atoms with Crippen LogP contribution in [0.2, 0.25) is 0 Å². The number of carbonyl (C=O) groups excluding carboxylic acids is 1. The monoisotopic (exact) mass is 299 g/mol. The lowest BCUT2D eigenvalue weighted by molar-refractivity contribution is -0.129. The van der Waals surface area contributed by atoms with Crippen LogP contribution in [0.5, 0.6) is 11.5 Å². The normalized spacial score (nSPS) is 18.0. The maximum Gasteiger partial charge on any atom is 0.363 e. The Hall–Kier alpha value is -2.60. The Labute approximate surface area is 124 Å². The first-order valence-corrected chi connectivity index (χ1v) is 7.19. The molecule has 0 unspecified atom stereocenters. The highest BCUT2D eigenvalue weighted by molar-refractivity contribution is 7.08. The van der Waals surface area contributed by atoms with E-state index in [1.54, 1.807) is 35.6 Å². The number of fused-ring (bicyclic) bond motifs is 1. The molecule has 0 saturated carbocycles. The average molecular weight is 299 g/mol. The van der Waals surface area contributed by atoms with Crippen molar-refractivity contribution in [3.63, 3.8) is 0 Å². The van der Waals surface area contributed by atoms with Crippen LogP contribution < -0.4 is 9.47 Å². The summed E-state index contributed by atoms with van der Waals surface area (Å²) in [4.78, 5) is 16.1. The molecule has 104 valence electrons. The van der Waals surface area contributed by atoms with Crippen LogP contribution in [0.1, 0.15) is 11.1 Å². The number of benzene rings is 1. The molecule has 1 aromatic heterocycles. The number of cyclic esters (lactones) is 1. The molecular formula is C15H9NO4S. The molecule has 0 saturated heterocycles. The van der Waals surface area contributed by atoms with E-state index in [0.29, 0.717) is 22.8 Å². The molecule has 2 aliphatic heterocycles. The smallest absolute Gasteiger partial charge is 0.363 e. The van der Waals surface area contributed by atoms with E-state index in [9.17, 15) is 4.79 Å². The van der Waals surface area contributed by atoms with Gasteiger partial charge in [-0.05, 0) is 46.7 Å². The summed E-state index contributed by atoms with van der Waals surface area (Å²) in [6.07, 6.45) is 1.71.